The van der Waals surface area contributed by atoms with Gasteiger partial charge in [0.05, 0.1) is 11.8 Å². The molecule has 0 saturated carbocycles. The van der Waals surface area contributed by atoms with Gasteiger partial charge in [-0.25, -0.2) is 0 Å². The highest BCUT2D eigenvalue weighted by Gasteiger charge is 2.18. The molecule has 1 heterocycles. The first-order valence-corrected chi connectivity index (χ1v) is 10.8. The molecule has 0 spiro atoms. The summed E-state index contributed by atoms with van der Waals surface area (Å²) >= 11 is 6.62. The summed E-state index contributed by atoms with van der Waals surface area (Å²) in [7, 11) is 0. The topological polar surface area (TPSA) is 58.6 Å². The number of carbonyl (C=O) groups is 2. The second-order valence-electron chi connectivity index (χ2n) is 6.77. The number of nitrogens with one attached hydrogen (secondary N) is 1. The number of benzene rings is 2. The Kier molecular flexibility index (Phi) is 7.28. The molecular weight excluding hydrogens is 392 g/mol. The number of carbonyl (C=O) groups excluding carboxylic acids is 2. The minimum atomic E-state index is -0.431. The summed E-state index contributed by atoms with van der Waals surface area (Å²) in [5.41, 5.74) is 1.03. The van der Waals surface area contributed by atoms with Crippen molar-refractivity contribution in [3.05, 3.63) is 48.0 Å². The fourth-order valence-corrected chi connectivity index (χ4v) is 4.34. The zero-order chi connectivity index (χ0) is 19.9. The third-order valence-electron chi connectivity index (χ3n) is 4.71. The van der Waals surface area contributed by atoms with Crippen molar-refractivity contribution in [2.24, 2.45) is 0 Å². The molecule has 0 bridgehead atoms. The van der Waals surface area contributed by atoms with Crippen LogP contribution in [0.2, 0.25) is 0 Å². The van der Waals surface area contributed by atoms with Crippen molar-refractivity contribution in [3.63, 3.8) is 0 Å². The molecular formula is C21H24N2O3S2. The smallest absolute Gasteiger partial charge is 0.316 e. The van der Waals surface area contributed by atoms with Crippen LogP contribution in [0.25, 0.3) is 10.8 Å². The standard InChI is InChI=1S/C21H24N2O3S2/c1-15(17-10-6-8-16-7-2-3-9-18(16)17)22-19(24)13-26-20(25)14-28-21(27)23-11-4-5-12-23/h2-3,6-10,15H,4-5,11-14H2,1H3,(H,22,24)/t15-/m1/s1. The van der Waals surface area contributed by atoms with E-state index in [9.17, 15) is 9.59 Å². The molecule has 0 radical (unpaired) electrons. The lowest BCUT2D eigenvalue weighted by molar-refractivity contribution is -0.146. The van der Waals surface area contributed by atoms with Gasteiger partial charge in [0.1, 0.15) is 4.32 Å². The van der Waals surface area contributed by atoms with E-state index in [-0.39, 0.29) is 24.3 Å². The molecule has 0 aromatic heterocycles. The van der Waals surface area contributed by atoms with E-state index in [2.05, 4.69) is 10.2 Å². The Hall–Kier alpha value is -2.12. The van der Waals surface area contributed by atoms with Gasteiger partial charge in [-0.3, -0.25) is 9.59 Å². The fourth-order valence-electron chi connectivity index (χ4n) is 3.29. The zero-order valence-corrected chi connectivity index (χ0v) is 17.5. The summed E-state index contributed by atoms with van der Waals surface area (Å²) in [5, 5.41) is 5.12. The first-order chi connectivity index (χ1) is 13.5. The van der Waals surface area contributed by atoms with Gasteiger partial charge in [-0.1, -0.05) is 66.4 Å². The second-order valence-corrected chi connectivity index (χ2v) is 8.38. The fraction of sp³-hybridized carbons (Fsp3) is 0.381. The predicted molar refractivity (Wildman–Crippen MR) is 117 cm³/mol. The van der Waals surface area contributed by atoms with Crippen LogP contribution in [-0.4, -0.2) is 46.5 Å². The number of hydrogen-bond donors (Lipinski definition) is 1. The largest absolute Gasteiger partial charge is 0.455 e. The van der Waals surface area contributed by atoms with Crippen molar-refractivity contribution in [1.82, 2.24) is 10.2 Å². The number of esters is 1. The minimum Gasteiger partial charge on any atom is -0.455 e. The van der Waals surface area contributed by atoms with Crippen LogP contribution in [0.4, 0.5) is 0 Å². The summed E-state index contributed by atoms with van der Waals surface area (Å²) < 4.78 is 5.82. The summed E-state index contributed by atoms with van der Waals surface area (Å²) in [4.78, 5) is 26.2. The number of nitrogens with zero attached hydrogens (tertiary/aromatic N) is 1. The Morgan fingerprint density at radius 2 is 1.89 bits per heavy atom. The molecule has 2 aromatic carbocycles. The van der Waals surface area contributed by atoms with Crippen molar-refractivity contribution in [2.75, 3.05) is 25.4 Å². The maximum atomic E-state index is 12.2. The van der Waals surface area contributed by atoms with Crippen LogP contribution in [-0.2, 0) is 14.3 Å². The molecule has 1 saturated heterocycles. The van der Waals surface area contributed by atoms with Gasteiger partial charge in [-0.05, 0) is 36.1 Å². The Morgan fingerprint density at radius 1 is 1.18 bits per heavy atom. The van der Waals surface area contributed by atoms with E-state index in [1.165, 1.54) is 11.8 Å². The number of ether oxygens (including phenoxy) is 1. The van der Waals surface area contributed by atoms with E-state index < -0.39 is 5.97 Å². The van der Waals surface area contributed by atoms with Crippen LogP contribution in [0.1, 0.15) is 31.4 Å². The lowest BCUT2D eigenvalue weighted by Crippen LogP contribution is -2.31. The highest BCUT2D eigenvalue weighted by molar-refractivity contribution is 8.23. The van der Waals surface area contributed by atoms with Crippen LogP contribution < -0.4 is 5.32 Å². The number of hydrogen-bond acceptors (Lipinski definition) is 5. The lowest BCUT2D eigenvalue weighted by Gasteiger charge is -2.18. The maximum Gasteiger partial charge on any atom is 0.316 e. The van der Waals surface area contributed by atoms with Gasteiger partial charge < -0.3 is 15.0 Å². The number of fused-ring (bicyclic) bond motifs is 1. The van der Waals surface area contributed by atoms with E-state index in [1.54, 1.807) is 0 Å². The molecule has 0 unspecified atom stereocenters. The van der Waals surface area contributed by atoms with E-state index in [0.29, 0.717) is 0 Å². The van der Waals surface area contributed by atoms with Crippen LogP contribution in [0.5, 0.6) is 0 Å². The van der Waals surface area contributed by atoms with Gasteiger partial charge in [0.25, 0.3) is 5.91 Å². The number of likely N-dealkylation sites (tertiary alicyclic amines) is 1. The molecule has 28 heavy (non-hydrogen) atoms. The van der Waals surface area contributed by atoms with Crippen molar-refractivity contribution in [1.29, 1.82) is 0 Å². The summed E-state index contributed by atoms with van der Waals surface area (Å²) in [6.07, 6.45) is 2.28. The number of rotatable bonds is 6. The molecule has 2 aromatic rings. The van der Waals surface area contributed by atoms with E-state index >= 15 is 0 Å². The summed E-state index contributed by atoms with van der Waals surface area (Å²) in [6.45, 7) is 3.54. The van der Waals surface area contributed by atoms with Crippen LogP contribution in [0.3, 0.4) is 0 Å². The predicted octanol–water partition coefficient (Wildman–Crippen LogP) is 3.67. The van der Waals surface area contributed by atoms with E-state index in [4.69, 9.17) is 17.0 Å². The number of amides is 1. The summed E-state index contributed by atoms with van der Waals surface area (Å²) in [5.74, 6) is -0.623. The first-order valence-electron chi connectivity index (χ1n) is 9.39. The van der Waals surface area contributed by atoms with Gasteiger partial charge in [-0.2, -0.15) is 0 Å². The molecule has 7 heteroatoms. The third kappa shape index (κ3) is 5.45. The van der Waals surface area contributed by atoms with Crippen LogP contribution >= 0.6 is 24.0 Å². The van der Waals surface area contributed by atoms with Crippen molar-refractivity contribution >= 4 is 50.9 Å². The number of thioether (sulfide) groups is 1. The molecule has 1 fully saturated rings. The van der Waals surface area contributed by atoms with Crippen molar-refractivity contribution < 1.29 is 14.3 Å². The Bertz CT molecular complexity index is 860. The Morgan fingerprint density at radius 3 is 2.68 bits per heavy atom. The number of thiocarbonyl (C=S) groups is 1. The average Bonchev–Trinajstić information content (AvgIpc) is 3.25. The van der Waals surface area contributed by atoms with E-state index in [0.717, 1.165) is 46.6 Å². The molecule has 1 N–H and O–H groups in total. The van der Waals surface area contributed by atoms with Gasteiger partial charge in [0, 0.05) is 13.1 Å². The van der Waals surface area contributed by atoms with Crippen molar-refractivity contribution in [3.8, 4) is 0 Å². The monoisotopic (exact) mass is 416 g/mol. The normalized spacial score (nSPS) is 14.7. The molecule has 0 aliphatic carbocycles. The lowest BCUT2D eigenvalue weighted by atomic mass is 10.00. The summed E-state index contributed by atoms with van der Waals surface area (Å²) in [6, 6.07) is 13.9. The second kappa shape index (κ2) is 9.89. The maximum absolute atomic E-state index is 12.2. The molecule has 148 valence electrons. The minimum absolute atomic E-state index is 0.126. The average molecular weight is 417 g/mol. The van der Waals surface area contributed by atoms with Gasteiger partial charge in [0.15, 0.2) is 6.61 Å². The molecule has 5 nitrogen and oxygen atoms in total. The third-order valence-corrected chi connectivity index (χ3v) is 6.21. The molecule has 1 aliphatic heterocycles. The Labute approximate surface area is 174 Å². The SMILES string of the molecule is C[C@@H](NC(=O)COC(=O)CSC(=S)N1CCCC1)c1cccc2ccccc12. The van der Waals surface area contributed by atoms with Gasteiger partial charge in [0.2, 0.25) is 0 Å². The zero-order valence-electron chi connectivity index (χ0n) is 15.8. The van der Waals surface area contributed by atoms with Gasteiger partial charge in [-0.15, -0.1) is 0 Å². The van der Waals surface area contributed by atoms with Crippen molar-refractivity contribution in [2.45, 2.75) is 25.8 Å². The molecule has 3 rings (SSSR count). The Balaban J connectivity index is 1.44. The highest BCUT2D eigenvalue weighted by atomic mass is 32.2. The first kappa shape index (κ1) is 20.6. The van der Waals surface area contributed by atoms with Crippen LogP contribution in [0.15, 0.2) is 42.5 Å². The molecule has 1 aliphatic rings. The highest BCUT2D eigenvalue weighted by Crippen LogP contribution is 2.24. The molecule has 1 atom stereocenters. The molecule has 1 amide bonds. The van der Waals surface area contributed by atoms with E-state index in [1.807, 2.05) is 49.4 Å². The van der Waals surface area contributed by atoms with Crippen LogP contribution in [0, 0.1) is 0 Å². The van der Waals surface area contributed by atoms with Gasteiger partial charge >= 0.3 is 5.97 Å². The quantitative estimate of drug-likeness (QED) is 0.573.